The zero-order chi connectivity index (χ0) is 12.8. The first-order chi connectivity index (χ1) is 8.13. The van der Waals surface area contributed by atoms with Gasteiger partial charge in [-0.1, -0.05) is 13.0 Å². The molecule has 5 nitrogen and oxygen atoms in total. The number of carboxylic acid groups (broad SMARTS) is 1. The highest BCUT2D eigenvalue weighted by atomic mass is 16.5. The van der Waals surface area contributed by atoms with Gasteiger partial charge in [-0.25, -0.2) is 4.79 Å². The Balaban J connectivity index is 3.10. The molecule has 0 aliphatic rings. The molecule has 1 aromatic rings. The van der Waals surface area contributed by atoms with E-state index >= 15 is 0 Å². The number of methoxy groups -OCH3 is 1. The van der Waals surface area contributed by atoms with Crippen molar-refractivity contribution in [3.63, 3.8) is 0 Å². The van der Waals surface area contributed by atoms with Gasteiger partial charge in [0.25, 0.3) is 0 Å². The van der Waals surface area contributed by atoms with Crippen molar-refractivity contribution in [1.29, 1.82) is 0 Å². The second kappa shape index (κ2) is 5.89. The van der Waals surface area contributed by atoms with Crippen LogP contribution in [0, 0.1) is 0 Å². The Labute approximate surface area is 99.0 Å². The number of benzene rings is 1. The van der Waals surface area contributed by atoms with E-state index in [-0.39, 0.29) is 11.3 Å². The van der Waals surface area contributed by atoms with Crippen LogP contribution in [0.4, 0.5) is 0 Å². The molecule has 0 radical (unpaired) electrons. The second-order valence-electron chi connectivity index (χ2n) is 3.35. The number of carboxylic acids is 1. The lowest BCUT2D eigenvalue weighted by atomic mass is 10.2. The topological polar surface area (TPSA) is 72.8 Å². The third-order valence-corrected chi connectivity index (χ3v) is 2.26. The van der Waals surface area contributed by atoms with E-state index in [0.29, 0.717) is 18.5 Å². The lowest BCUT2D eigenvalue weighted by Gasteiger charge is -2.16. The van der Waals surface area contributed by atoms with Gasteiger partial charge in [-0.3, -0.25) is 4.79 Å². The van der Waals surface area contributed by atoms with Gasteiger partial charge in [0.05, 0.1) is 12.7 Å². The van der Waals surface area contributed by atoms with Crippen molar-refractivity contribution in [2.45, 2.75) is 19.4 Å². The average molecular weight is 238 g/mol. The predicted molar refractivity (Wildman–Crippen MR) is 60.7 cm³/mol. The van der Waals surface area contributed by atoms with Crippen LogP contribution < -0.4 is 9.47 Å². The summed E-state index contributed by atoms with van der Waals surface area (Å²) in [6.45, 7) is 1.69. The highest BCUT2D eigenvalue weighted by Gasteiger charge is 2.20. The van der Waals surface area contributed by atoms with Crippen LogP contribution in [0.25, 0.3) is 0 Å². The maximum absolute atomic E-state index is 10.9. The summed E-state index contributed by atoms with van der Waals surface area (Å²) in [7, 11) is 1.43. The maximum atomic E-state index is 10.9. The summed E-state index contributed by atoms with van der Waals surface area (Å²) in [4.78, 5) is 21.7. The van der Waals surface area contributed by atoms with Crippen molar-refractivity contribution in [2.24, 2.45) is 0 Å². The zero-order valence-corrected chi connectivity index (χ0v) is 9.67. The molecule has 0 bridgehead atoms. The summed E-state index contributed by atoms with van der Waals surface area (Å²) < 4.78 is 10.3. The van der Waals surface area contributed by atoms with Gasteiger partial charge < -0.3 is 14.6 Å². The normalized spacial score (nSPS) is 11.6. The van der Waals surface area contributed by atoms with Crippen molar-refractivity contribution in [2.75, 3.05) is 7.11 Å². The number of para-hydroxylation sites is 1. The molecule has 0 aliphatic carbocycles. The van der Waals surface area contributed by atoms with E-state index in [0.717, 1.165) is 0 Å². The van der Waals surface area contributed by atoms with Crippen LogP contribution in [-0.2, 0) is 4.79 Å². The highest BCUT2D eigenvalue weighted by Crippen LogP contribution is 2.31. The molecule has 17 heavy (non-hydrogen) atoms. The molecule has 1 unspecified atom stereocenters. The molecule has 1 rings (SSSR count). The van der Waals surface area contributed by atoms with Crippen LogP contribution in [0.5, 0.6) is 11.5 Å². The van der Waals surface area contributed by atoms with Crippen molar-refractivity contribution < 1.29 is 24.2 Å². The van der Waals surface area contributed by atoms with Crippen LogP contribution in [0.2, 0.25) is 0 Å². The van der Waals surface area contributed by atoms with Gasteiger partial charge in [0.15, 0.2) is 23.9 Å². The molecular formula is C12H14O5. The first-order valence-corrected chi connectivity index (χ1v) is 5.15. The smallest absolute Gasteiger partial charge is 0.344 e. The third-order valence-electron chi connectivity index (χ3n) is 2.26. The van der Waals surface area contributed by atoms with Gasteiger partial charge in [0.2, 0.25) is 0 Å². The Bertz CT molecular complexity index is 413. The van der Waals surface area contributed by atoms with Gasteiger partial charge in [-0.05, 0) is 18.6 Å². The lowest BCUT2D eigenvalue weighted by Crippen LogP contribution is -2.26. The number of rotatable bonds is 6. The molecule has 0 aliphatic heterocycles. The van der Waals surface area contributed by atoms with E-state index in [4.69, 9.17) is 14.6 Å². The summed E-state index contributed by atoms with van der Waals surface area (Å²) in [5.41, 5.74) is 0.268. The minimum atomic E-state index is -1.07. The largest absolute Gasteiger partial charge is 0.493 e. The van der Waals surface area contributed by atoms with Crippen LogP contribution in [0.15, 0.2) is 18.2 Å². The van der Waals surface area contributed by atoms with Crippen LogP contribution >= 0.6 is 0 Å². The van der Waals surface area contributed by atoms with Crippen molar-refractivity contribution >= 4 is 12.3 Å². The Morgan fingerprint density at radius 1 is 1.53 bits per heavy atom. The van der Waals surface area contributed by atoms with E-state index in [2.05, 4.69) is 0 Å². The van der Waals surface area contributed by atoms with E-state index in [1.165, 1.54) is 7.11 Å². The average Bonchev–Trinajstić information content (AvgIpc) is 2.35. The number of carbonyl (C=O) groups is 2. The van der Waals surface area contributed by atoms with Crippen LogP contribution in [-0.4, -0.2) is 30.6 Å². The Morgan fingerprint density at radius 2 is 2.24 bits per heavy atom. The Kier molecular flexibility index (Phi) is 4.51. The number of aliphatic carboxylic acids is 1. The first kappa shape index (κ1) is 13.0. The Hall–Kier alpha value is -2.04. The summed E-state index contributed by atoms with van der Waals surface area (Å²) in [6.07, 6.45) is -0.0945. The SMILES string of the molecule is CCC(Oc1c(C=O)cccc1OC)C(=O)O. The predicted octanol–water partition coefficient (Wildman–Crippen LogP) is 1.75. The van der Waals surface area contributed by atoms with Gasteiger partial charge in [-0.15, -0.1) is 0 Å². The molecule has 1 aromatic carbocycles. The Morgan fingerprint density at radius 3 is 2.71 bits per heavy atom. The van der Waals surface area contributed by atoms with Crippen molar-refractivity contribution in [1.82, 2.24) is 0 Å². The van der Waals surface area contributed by atoms with Crippen LogP contribution in [0.1, 0.15) is 23.7 Å². The molecule has 5 heteroatoms. The van der Waals surface area contributed by atoms with E-state index in [9.17, 15) is 9.59 Å². The van der Waals surface area contributed by atoms with Gasteiger partial charge in [0.1, 0.15) is 0 Å². The summed E-state index contributed by atoms with van der Waals surface area (Å²) >= 11 is 0. The van der Waals surface area contributed by atoms with Crippen molar-refractivity contribution in [3.05, 3.63) is 23.8 Å². The quantitative estimate of drug-likeness (QED) is 0.764. The van der Waals surface area contributed by atoms with Crippen LogP contribution in [0.3, 0.4) is 0 Å². The summed E-state index contributed by atoms with van der Waals surface area (Å²) in [6, 6.07) is 4.79. The minimum absolute atomic E-state index is 0.166. The lowest BCUT2D eigenvalue weighted by molar-refractivity contribution is -0.145. The molecule has 1 atom stereocenters. The fraction of sp³-hybridized carbons (Fsp3) is 0.333. The second-order valence-corrected chi connectivity index (χ2v) is 3.35. The minimum Gasteiger partial charge on any atom is -0.493 e. The molecule has 0 saturated carbocycles. The molecule has 0 heterocycles. The van der Waals surface area contributed by atoms with Gasteiger partial charge in [0, 0.05) is 0 Å². The number of hydrogen-bond acceptors (Lipinski definition) is 4. The monoisotopic (exact) mass is 238 g/mol. The molecule has 1 N–H and O–H groups in total. The standard InChI is InChI=1S/C12H14O5/c1-3-9(12(14)15)17-11-8(7-13)5-4-6-10(11)16-2/h4-7,9H,3H2,1-2H3,(H,14,15). The molecule has 0 fully saturated rings. The van der Waals surface area contributed by atoms with Gasteiger partial charge >= 0.3 is 5.97 Å². The maximum Gasteiger partial charge on any atom is 0.344 e. The van der Waals surface area contributed by atoms with Gasteiger partial charge in [-0.2, -0.15) is 0 Å². The number of hydrogen-bond donors (Lipinski definition) is 1. The number of aldehydes is 1. The van der Waals surface area contributed by atoms with E-state index in [1.54, 1.807) is 25.1 Å². The van der Waals surface area contributed by atoms with E-state index in [1.807, 2.05) is 0 Å². The molecule has 0 aromatic heterocycles. The summed E-state index contributed by atoms with van der Waals surface area (Å²) in [5, 5.41) is 8.91. The third kappa shape index (κ3) is 2.96. The zero-order valence-electron chi connectivity index (χ0n) is 9.67. The molecule has 0 spiro atoms. The fourth-order valence-electron chi connectivity index (χ4n) is 1.36. The highest BCUT2D eigenvalue weighted by molar-refractivity contribution is 5.82. The van der Waals surface area contributed by atoms with Crippen molar-refractivity contribution in [3.8, 4) is 11.5 Å². The van der Waals surface area contributed by atoms with E-state index < -0.39 is 12.1 Å². The summed E-state index contributed by atoms with van der Waals surface area (Å²) in [5.74, 6) is -0.566. The molecular weight excluding hydrogens is 224 g/mol. The first-order valence-electron chi connectivity index (χ1n) is 5.15. The molecule has 0 saturated heterocycles. The molecule has 0 amide bonds. The number of ether oxygens (including phenoxy) is 2. The molecule has 92 valence electrons. The fourth-order valence-corrected chi connectivity index (χ4v) is 1.36. The number of carbonyl (C=O) groups excluding carboxylic acids is 1.